The van der Waals surface area contributed by atoms with Gasteiger partial charge in [-0.3, -0.25) is 4.98 Å². The Balaban J connectivity index is 1.75. The van der Waals surface area contributed by atoms with Gasteiger partial charge in [-0.2, -0.15) is 0 Å². The molecule has 0 aliphatic carbocycles. The molecule has 1 aromatic carbocycles. The van der Waals surface area contributed by atoms with Crippen molar-refractivity contribution in [2.45, 2.75) is 33.3 Å². The van der Waals surface area contributed by atoms with Crippen LogP contribution in [0.2, 0.25) is 0 Å². The predicted molar refractivity (Wildman–Crippen MR) is 92.4 cm³/mol. The van der Waals surface area contributed by atoms with Crippen LogP contribution < -0.4 is 4.74 Å². The molecule has 0 spiro atoms. The number of benzene rings is 1. The SMILES string of the molecule is COc1ccc(COCCCc2nc(C)cc(C)c2Br)cc1. The molecule has 3 nitrogen and oxygen atoms in total. The zero-order valence-corrected chi connectivity index (χ0v) is 14.9. The Hall–Kier alpha value is -1.39. The van der Waals surface area contributed by atoms with Crippen LogP contribution in [0, 0.1) is 13.8 Å². The van der Waals surface area contributed by atoms with Crippen molar-refractivity contribution in [1.29, 1.82) is 0 Å². The van der Waals surface area contributed by atoms with Crippen molar-refractivity contribution in [2.75, 3.05) is 13.7 Å². The fourth-order valence-corrected chi connectivity index (χ4v) is 2.72. The van der Waals surface area contributed by atoms with E-state index in [1.54, 1.807) is 7.11 Å². The van der Waals surface area contributed by atoms with Gasteiger partial charge in [0.15, 0.2) is 0 Å². The highest BCUT2D eigenvalue weighted by molar-refractivity contribution is 9.10. The molecule has 1 aromatic heterocycles. The van der Waals surface area contributed by atoms with Crippen molar-refractivity contribution in [2.24, 2.45) is 0 Å². The summed E-state index contributed by atoms with van der Waals surface area (Å²) in [4.78, 5) is 4.59. The molecule has 0 bridgehead atoms. The molecular formula is C18H22BrNO2. The number of aryl methyl sites for hydroxylation is 3. The first-order chi connectivity index (χ1) is 10.6. The van der Waals surface area contributed by atoms with Gasteiger partial charge in [0, 0.05) is 16.8 Å². The summed E-state index contributed by atoms with van der Waals surface area (Å²) in [7, 11) is 1.67. The molecule has 0 N–H and O–H groups in total. The highest BCUT2D eigenvalue weighted by Crippen LogP contribution is 2.21. The molecule has 1 heterocycles. The topological polar surface area (TPSA) is 31.4 Å². The van der Waals surface area contributed by atoms with Gasteiger partial charge in [-0.25, -0.2) is 0 Å². The first kappa shape index (κ1) is 17.0. The number of hydrogen-bond donors (Lipinski definition) is 0. The zero-order valence-electron chi connectivity index (χ0n) is 13.4. The summed E-state index contributed by atoms with van der Waals surface area (Å²) in [6.07, 6.45) is 1.89. The molecule has 0 aliphatic rings. The Morgan fingerprint density at radius 2 is 1.86 bits per heavy atom. The van der Waals surface area contributed by atoms with E-state index in [2.05, 4.69) is 33.9 Å². The van der Waals surface area contributed by atoms with Gasteiger partial charge in [-0.05, 0) is 71.9 Å². The monoisotopic (exact) mass is 363 g/mol. The summed E-state index contributed by atoms with van der Waals surface area (Å²) < 4.78 is 12.0. The van der Waals surface area contributed by atoms with E-state index >= 15 is 0 Å². The Labute approximate surface area is 140 Å². The van der Waals surface area contributed by atoms with Crippen LogP contribution in [0.15, 0.2) is 34.8 Å². The molecule has 0 saturated heterocycles. The van der Waals surface area contributed by atoms with Gasteiger partial charge in [0.2, 0.25) is 0 Å². The van der Waals surface area contributed by atoms with Crippen molar-refractivity contribution in [3.8, 4) is 5.75 Å². The number of pyridine rings is 1. The third-order valence-corrected chi connectivity index (χ3v) is 4.55. The van der Waals surface area contributed by atoms with Crippen molar-refractivity contribution in [1.82, 2.24) is 4.98 Å². The number of hydrogen-bond acceptors (Lipinski definition) is 3. The minimum Gasteiger partial charge on any atom is -0.497 e. The molecule has 0 amide bonds. The normalized spacial score (nSPS) is 10.7. The maximum Gasteiger partial charge on any atom is 0.118 e. The van der Waals surface area contributed by atoms with E-state index in [9.17, 15) is 0 Å². The molecule has 4 heteroatoms. The van der Waals surface area contributed by atoms with Gasteiger partial charge in [0.1, 0.15) is 5.75 Å². The minimum absolute atomic E-state index is 0.630. The van der Waals surface area contributed by atoms with E-state index < -0.39 is 0 Å². The summed E-state index contributed by atoms with van der Waals surface area (Å²) in [5.74, 6) is 0.870. The van der Waals surface area contributed by atoms with Gasteiger partial charge < -0.3 is 9.47 Å². The summed E-state index contributed by atoms with van der Waals surface area (Å²) in [6.45, 7) is 5.49. The second-order valence-electron chi connectivity index (χ2n) is 5.35. The third kappa shape index (κ3) is 4.82. The van der Waals surface area contributed by atoms with Crippen LogP contribution in [0.5, 0.6) is 5.75 Å². The van der Waals surface area contributed by atoms with Crippen molar-refractivity contribution in [3.05, 3.63) is 57.3 Å². The molecule has 0 aliphatic heterocycles. The molecule has 0 radical (unpaired) electrons. The maximum atomic E-state index is 5.73. The average Bonchev–Trinajstić information content (AvgIpc) is 2.52. The van der Waals surface area contributed by atoms with Crippen molar-refractivity contribution < 1.29 is 9.47 Å². The van der Waals surface area contributed by atoms with E-state index in [4.69, 9.17) is 9.47 Å². The number of methoxy groups -OCH3 is 1. The maximum absolute atomic E-state index is 5.73. The fraction of sp³-hybridized carbons (Fsp3) is 0.389. The summed E-state index contributed by atoms with van der Waals surface area (Å²) in [5, 5.41) is 0. The number of aromatic nitrogens is 1. The molecule has 2 aromatic rings. The third-order valence-electron chi connectivity index (χ3n) is 3.47. The van der Waals surface area contributed by atoms with Gasteiger partial charge in [-0.15, -0.1) is 0 Å². The molecular weight excluding hydrogens is 342 g/mol. The lowest BCUT2D eigenvalue weighted by Gasteiger charge is -2.09. The predicted octanol–water partition coefficient (Wildman–Crippen LogP) is 4.62. The summed E-state index contributed by atoms with van der Waals surface area (Å²) in [6, 6.07) is 10.1. The smallest absolute Gasteiger partial charge is 0.118 e. The second kappa shape index (κ2) is 8.30. The highest BCUT2D eigenvalue weighted by atomic mass is 79.9. The Bertz CT molecular complexity index is 611. The van der Waals surface area contributed by atoms with Gasteiger partial charge in [0.05, 0.1) is 19.4 Å². The van der Waals surface area contributed by atoms with Crippen molar-refractivity contribution >= 4 is 15.9 Å². The van der Waals surface area contributed by atoms with Crippen LogP contribution in [0.4, 0.5) is 0 Å². The van der Waals surface area contributed by atoms with E-state index in [-0.39, 0.29) is 0 Å². The highest BCUT2D eigenvalue weighted by Gasteiger charge is 2.06. The fourth-order valence-electron chi connectivity index (χ4n) is 2.32. The van der Waals surface area contributed by atoms with Gasteiger partial charge >= 0.3 is 0 Å². The van der Waals surface area contributed by atoms with Crippen LogP contribution in [0.25, 0.3) is 0 Å². The molecule has 118 valence electrons. The minimum atomic E-state index is 0.630. The van der Waals surface area contributed by atoms with Crippen LogP contribution in [0.1, 0.15) is 28.9 Å². The second-order valence-corrected chi connectivity index (χ2v) is 6.14. The lowest BCUT2D eigenvalue weighted by molar-refractivity contribution is 0.118. The first-order valence-corrected chi connectivity index (χ1v) is 8.22. The molecule has 22 heavy (non-hydrogen) atoms. The molecule has 0 fully saturated rings. The lowest BCUT2D eigenvalue weighted by Crippen LogP contribution is -2.01. The Morgan fingerprint density at radius 1 is 1.14 bits per heavy atom. The van der Waals surface area contributed by atoms with Crippen LogP contribution >= 0.6 is 15.9 Å². The number of halogens is 1. The van der Waals surface area contributed by atoms with Crippen LogP contribution in [0.3, 0.4) is 0 Å². The van der Waals surface area contributed by atoms with Crippen LogP contribution in [-0.2, 0) is 17.8 Å². The van der Waals surface area contributed by atoms with Crippen LogP contribution in [-0.4, -0.2) is 18.7 Å². The van der Waals surface area contributed by atoms with Crippen molar-refractivity contribution in [3.63, 3.8) is 0 Å². The van der Waals surface area contributed by atoms with E-state index in [1.807, 2.05) is 31.2 Å². The number of nitrogens with zero attached hydrogens (tertiary/aromatic N) is 1. The van der Waals surface area contributed by atoms with E-state index in [0.717, 1.165) is 46.6 Å². The summed E-state index contributed by atoms with van der Waals surface area (Å²) in [5.41, 5.74) is 4.58. The Kier molecular flexibility index (Phi) is 6.40. The summed E-state index contributed by atoms with van der Waals surface area (Å²) >= 11 is 3.62. The Morgan fingerprint density at radius 3 is 2.55 bits per heavy atom. The number of rotatable bonds is 7. The standard InChI is InChI=1S/C18H22BrNO2/c1-13-11-14(2)20-17(18(13)19)5-4-10-22-12-15-6-8-16(21-3)9-7-15/h6-9,11H,4-5,10,12H2,1-3H3. The largest absolute Gasteiger partial charge is 0.497 e. The van der Waals surface area contributed by atoms with E-state index in [1.165, 1.54) is 5.56 Å². The first-order valence-electron chi connectivity index (χ1n) is 7.43. The average molecular weight is 364 g/mol. The number of ether oxygens (including phenoxy) is 2. The zero-order chi connectivity index (χ0) is 15.9. The molecule has 0 saturated carbocycles. The van der Waals surface area contributed by atoms with Gasteiger partial charge in [-0.1, -0.05) is 12.1 Å². The lowest BCUT2D eigenvalue weighted by atomic mass is 10.1. The molecule has 0 atom stereocenters. The molecule has 0 unspecified atom stereocenters. The van der Waals surface area contributed by atoms with E-state index in [0.29, 0.717) is 6.61 Å². The van der Waals surface area contributed by atoms with Gasteiger partial charge in [0.25, 0.3) is 0 Å². The molecule has 2 rings (SSSR count). The quantitative estimate of drug-likeness (QED) is 0.672.